The molecular weight excluding hydrogens is 241 g/mol. The molecule has 0 atom stereocenters. The van der Waals surface area contributed by atoms with E-state index in [1.54, 1.807) is 0 Å². The molecule has 0 fully saturated rings. The first-order valence-corrected chi connectivity index (χ1v) is 4.92. The molecule has 0 heterocycles. The van der Waals surface area contributed by atoms with Gasteiger partial charge >= 0.3 is 0 Å². The minimum atomic E-state index is -0.666. The molecule has 0 aliphatic heterocycles. The summed E-state index contributed by atoms with van der Waals surface area (Å²) in [5.74, 6) is 1.14. The first-order valence-electron chi connectivity index (χ1n) is 4.92. The van der Waals surface area contributed by atoms with Gasteiger partial charge in [-0.05, 0) is 6.07 Å². The second-order valence-electron chi connectivity index (χ2n) is 3.25. The van der Waals surface area contributed by atoms with Crippen LogP contribution >= 0.6 is 0 Å². The van der Waals surface area contributed by atoms with Crippen LogP contribution in [0.3, 0.4) is 0 Å². The van der Waals surface area contributed by atoms with E-state index in [0.717, 1.165) is 18.2 Å². The van der Waals surface area contributed by atoms with Crippen LogP contribution < -0.4 is 10.6 Å². The lowest BCUT2D eigenvalue weighted by Gasteiger charge is -2.06. The molecule has 0 radical (unpaired) electrons. The number of nitrogens with one attached hydrogen (secondary N) is 2. The van der Waals surface area contributed by atoms with Gasteiger partial charge in [-0.3, -0.25) is 14.9 Å². The van der Waals surface area contributed by atoms with Crippen LogP contribution in [0.5, 0.6) is 0 Å². The van der Waals surface area contributed by atoms with E-state index in [1.807, 2.05) is 0 Å². The predicted molar refractivity (Wildman–Crippen MR) is 63.4 cm³/mol. The molecule has 0 spiro atoms. The molecule has 1 amide bonds. The highest BCUT2D eigenvalue weighted by atomic mass is 19.1. The summed E-state index contributed by atoms with van der Waals surface area (Å²) in [5.41, 5.74) is -0.364. The Balaban J connectivity index is 2.72. The number of carbonyl (C=O) groups is 1. The summed E-state index contributed by atoms with van der Waals surface area (Å²) < 4.78 is 12.9. The van der Waals surface area contributed by atoms with Crippen molar-refractivity contribution in [3.05, 3.63) is 34.1 Å². The number of nitro groups is 1. The second kappa shape index (κ2) is 6.20. The number of anilines is 1. The average Bonchev–Trinajstić information content (AvgIpc) is 2.33. The van der Waals surface area contributed by atoms with Gasteiger partial charge in [0, 0.05) is 12.1 Å². The molecule has 0 saturated carbocycles. The zero-order chi connectivity index (χ0) is 13.5. The van der Waals surface area contributed by atoms with E-state index in [0.29, 0.717) is 0 Å². The Morgan fingerprint density at radius 1 is 1.56 bits per heavy atom. The van der Waals surface area contributed by atoms with Crippen LogP contribution in [0.2, 0.25) is 0 Å². The summed E-state index contributed by atoms with van der Waals surface area (Å²) in [6, 6.07) is 2.95. The molecule has 1 rings (SSSR count). The Morgan fingerprint density at radius 2 is 2.28 bits per heavy atom. The van der Waals surface area contributed by atoms with E-state index in [9.17, 15) is 19.3 Å². The lowest BCUT2D eigenvalue weighted by Crippen LogP contribution is -2.30. The van der Waals surface area contributed by atoms with Crippen molar-refractivity contribution in [3.8, 4) is 12.3 Å². The third kappa shape index (κ3) is 3.75. The maximum Gasteiger partial charge on any atom is 0.292 e. The minimum absolute atomic E-state index is 0.0594. The summed E-state index contributed by atoms with van der Waals surface area (Å²) in [6.45, 7) is -0.169. The van der Waals surface area contributed by atoms with Crippen LogP contribution in [-0.2, 0) is 4.79 Å². The standard InChI is InChI=1S/C11H10FN3O3/c1-2-5-13-11(16)7-14-9-6-8(12)3-4-10(9)15(17)18/h1,3-4,6,14H,5,7H2,(H,13,16). The van der Waals surface area contributed by atoms with Crippen molar-refractivity contribution in [2.24, 2.45) is 0 Å². The van der Waals surface area contributed by atoms with E-state index >= 15 is 0 Å². The Hall–Kier alpha value is -2.62. The van der Waals surface area contributed by atoms with Gasteiger partial charge in [-0.25, -0.2) is 4.39 Å². The zero-order valence-electron chi connectivity index (χ0n) is 9.27. The minimum Gasteiger partial charge on any atom is -0.370 e. The van der Waals surface area contributed by atoms with Gasteiger partial charge in [0.25, 0.3) is 5.69 Å². The van der Waals surface area contributed by atoms with E-state index in [2.05, 4.69) is 16.6 Å². The number of nitro benzene ring substituents is 1. The Bertz CT molecular complexity index is 511. The van der Waals surface area contributed by atoms with Crippen molar-refractivity contribution >= 4 is 17.3 Å². The van der Waals surface area contributed by atoms with Crippen LogP contribution in [0.25, 0.3) is 0 Å². The largest absolute Gasteiger partial charge is 0.370 e. The molecular formula is C11H10FN3O3. The summed E-state index contributed by atoms with van der Waals surface area (Å²) in [6.07, 6.45) is 4.94. The smallest absolute Gasteiger partial charge is 0.292 e. The fourth-order valence-electron chi connectivity index (χ4n) is 1.20. The van der Waals surface area contributed by atoms with Gasteiger partial charge in [-0.1, -0.05) is 5.92 Å². The van der Waals surface area contributed by atoms with E-state index in [-0.39, 0.29) is 24.5 Å². The number of carbonyl (C=O) groups excluding carboxylic acids is 1. The zero-order valence-corrected chi connectivity index (χ0v) is 9.27. The lowest BCUT2D eigenvalue weighted by atomic mass is 10.2. The molecule has 0 aliphatic rings. The maximum atomic E-state index is 12.9. The van der Waals surface area contributed by atoms with Crippen molar-refractivity contribution in [1.82, 2.24) is 5.32 Å². The lowest BCUT2D eigenvalue weighted by molar-refractivity contribution is -0.384. The topological polar surface area (TPSA) is 84.3 Å². The van der Waals surface area contributed by atoms with Crippen molar-refractivity contribution in [3.63, 3.8) is 0 Å². The predicted octanol–water partition coefficient (Wildman–Crippen LogP) is 0.895. The van der Waals surface area contributed by atoms with Crippen LogP contribution in [0.1, 0.15) is 0 Å². The average molecular weight is 251 g/mol. The first-order chi connectivity index (χ1) is 8.54. The maximum absolute atomic E-state index is 12.9. The van der Waals surface area contributed by atoms with E-state index < -0.39 is 16.6 Å². The van der Waals surface area contributed by atoms with Gasteiger partial charge in [0.1, 0.15) is 11.5 Å². The highest BCUT2D eigenvalue weighted by Gasteiger charge is 2.14. The molecule has 0 aromatic heterocycles. The van der Waals surface area contributed by atoms with Crippen molar-refractivity contribution in [2.45, 2.75) is 0 Å². The number of benzene rings is 1. The highest BCUT2D eigenvalue weighted by Crippen LogP contribution is 2.24. The fourth-order valence-corrected chi connectivity index (χ4v) is 1.20. The Kier molecular flexibility index (Phi) is 4.63. The number of hydrogen-bond acceptors (Lipinski definition) is 4. The second-order valence-corrected chi connectivity index (χ2v) is 3.25. The molecule has 2 N–H and O–H groups in total. The summed E-state index contributed by atoms with van der Waals surface area (Å²) >= 11 is 0. The van der Waals surface area contributed by atoms with E-state index in [4.69, 9.17) is 6.42 Å². The van der Waals surface area contributed by atoms with Crippen molar-refractivity contribution < 1.29 is 14.1 Å². The Morgan fingerprint density at radius 3 is 2.89 bits per heavy atom. The molecule has 0 bridgehead atoms. The molecule has 94 valence electrons. The van der Waals surface area contributed by atoms with Crippen molar-refractivity contribution in [2.75, 3.05) is 18.4 Å². The quantitative estimate of drug-likeness (QED) is 0.462. The van der Waals surface area contributed by atoms with Gasteiger partial charge < -0.3 is 10.6 Å². The first kappa shape index (κ1) is 13.4. The van der Waals surface area contributed by atoms with Gasteiger partial charge in [-0.2, -0.15) is 0 Å². The van der Waals surface area contributed by atoms with Crippen LogP contribution in [0.15, 0.2) is 18.2 Å². The highest BCUT2D eigenvalue weighted by molar-refractivity contribution is 5.81. The number of terminal acetylenes is 1. The molecule has 0 saturated heterocycles. The third-order valence-corrected chi connectivity index (χ3v) is 1.98. The molecule has 6 nitrogen and oxygen atoms in total. The number of hydrogen-bond donors (Lipinski definition) is 2. The molecule has 1 aromatic rings. The molecule has 7 heteroatoms. The normalized spacial score (nSPS) is 9.33. The molecule has 1 aromatic carbocycles. The fraction of sp³-hybridized carbons (Fsp3) is 0.182. The van der Waals surface area contributed by atoms with Gasteiger partial charge in [0.05, 0.1) is 18.0 Å². The monoisotopic (exact) mass is 251 g/mol. The van der Waals surface area contributed by atoms with Gasteiger partial charge in [0.2, 0.25) is 5.91 Å². The number of halogens is 1. The van der Waals surface area contributed by atoms with Gasteiger partial charge in [0.15, 0.2) is 0 Å². The number of rotatable bonds is 5. The summed E-state index contributed by atoms with van der Waals surface area (Å²) in [7, 11) is 0. The van der Waals surface area contributed by atoms with Crippen LogP contribution in [0.4, 0.5) is 15.8 Å². The van der Waals surface area contributed by atoms with Gasteiger partial charge in [-0.15, -0.1) is 6.42 Å². The van der Waals surface area contributed by atoms with Crippen LogP contribution in [0, 0.1) is 28.3 Å². The Labute approximate surface area is 102 Å². The summed E-state index contributed by atoms with van der Waals surface area (Å²) in [4.78, 5) is 21.2. The SMILES string of the molecule is C#CCNC(=O)CNc1cc(F)ccc1[N+](=O)[O-]. The molecule has 18 heavy (non-hydrogen) atoms. The molecule has 0 unspecified atom stereocenters. The van der Waals surface area contributed by atoms with Crippen molar-refractivity contribution in [1.29, 1.82) is 0 Å². The summed E-state index contributed by atoms with van der Waals surface area (Å²) in [5, 5.41) is 15.5. The van der Waals surface area contributed by atoms with Crippen LogP contribution in [-0.4, -0.2) is 23.9 Å². The molecule has 0 aliphatic carbocycles. The third-order valence-electron chi connectivity index (χ3n) is 1.98. The van der Waals surface area contributed by atoms with E-state index in [1.165, 1.54) is 0 Å². The number of amides is 1. The number of nitrogens with zero attached hydrogens (tertiary/aromatic N) is 1.